The highest BCUT2D eigenvalue weighted by Crippen LogP contribution is 2.08. The van der Waals surface area contributed by atoms with Crippen LogP contribution in [0.25, 0.3) is 0 Å². The Labute approximate surface area is 92.0 Å². The van der Waals surface area contributed by atoms with Crippen LogP contribution in [-0.4, -0.2) is 43.8 Å². The first-order valence-corrected chi connectivity index (χ1v) is 5.84. The molecule has 1 heterocycles. The number of hydrogen-bond acceptors (Lipinski definition) is 3. The number of ether oxygens (including phenoxy) is 1. The third-order valence-corrected chi connectivity index (χ3v) is 2.82. The van der Waals surface area contributed by atoms with Crippen molar-refractivity contribution in [3.05, 3.63) is 0 Å². The van der Waals surface area contributed by atoms with Gasteiger partial charge in [-0.25, -0.2) is 4.79 Å². The molecular formula is C11H22N2O2. The fraction of sp³-hybridized carbons (Fsp3) is 0.909. The van der Waals surface area contributed by atoms with Crippen LogP contribution < -0.4 is 5.32 Å². The molecule has 0 bridgehead atoms. The minimum atomic E-state index is -0.197. The fourth-order valence-electron chi connectivity index (χ4n) is 1.91. The van der Waals surface area contributed by atoms with E-state index in [1.165, 1.54) is 20.0 Å². The van der Waals surface area contributed by atoms with E-state index in [0.717, 1.165) is 32.5 Å². The van der Waals surface area contributed by atoms with Crippen LogP contribution >= 0.6 is 0 Å². The normalized spacial score (nSPS) is 20.3. The average molecular weight is 214 g/mol. The largest absolute Gasteiger partial charge is 0.453 e. The third-order valence-electron chi connectivity index (χ3n) is 2.82. The minimum Gasteiger partial charge on any atom is -0.453 e. The molecule has 0 radical (unpaired) electrons. The number of nitrogens with zero attached hydrogens (tertiary/aromatic N) is 1. The van der Waals surface area contributed by atoms with Crippen LogP contribution in [0.1, 0.15) is 32.6 Å². The van der Waals surface area contributed by atoms with E-state index in [-0.39, 0.29) is 6.09 Å². The highest BCUT2D eigenvalue weighted by Gasteiger charge is 2.21. The molecule has 0 aliphatic carbocycles. The Morgan fingerprint density at radius 2 is 2.40 bits per heavy atom. The quantitative estimate of drug-likeness (QED) is 0.756. The molecule has 1 N–H and O–H groups in total. The van der Waals surface area contributed by atoms with Crippen molar-refractivity contribution < 1.29 is 9.53 Å². The summed E-state index contributed by atoms with van der Waals surface area (Å²) in [6.45, 7) is 4.80. The molecule has 1 aliphatic heterocycles. The van der Waals surface area contributed by atoms with Gasteiger partial charge in [-0.1, -0.05) is 13.3 Å². The van der Waals surface area contributed by atoms with Gasteiger partial charge in [0.25, 0.3) is 0 Å². The smallest absolute Gasteiger partial charge is 0.409 e. The minimum absolute atomic E-state index is 0.197. The van der Waals surface area contributed by atoms with E-state index in [1.807, 2.05) is 4.90 Å². The van der Waals surface area contributed by atoms with Gasteiger partial charge in [0.15, 0.2) is 0 Å². The Morgan fingerprint density at radius 1 is 1.60 bits per heavy atom. The Bertz CT molecular complexity index is 191. The van der Waals surface area contributed by atoms with Crippen LogP contribution in [0.4, 0.5) is 4.79 Å². The summed E-state index contributed by atoms with van der Waals surface area (Å²) in [5.74, 6) is 0. The van der Waals surface area contributed by atoms with E-state index in [4.69, 9.17) is 4.74 Å². The maximum absolute atomic E-state index is 11.5. The number of rotatable bonds is 5. The van der Waals surface area contributed by atoms with Gasteiger partial charge >= 0.3 is 6.09 Å². The maximum atomic E-state index is 11.5. The number of amides is 1. The van der Waals surface area contributed by atoms with Crippen molar-refractivity contribution in [2.24, 2.45) is 0 Å². The van der Waals surface area contributed by atoms with E-state index < -0.39 is 0 Å². The van der Waals surface area contributed by atoms with Crippen LogP contribution in [0.5, 0.6) is 0 Å². The summed E-state index contributed by atoms with van der Waals surface area (Å²) in [6, 6.07) is 0.459. The van der Waals surface area contributed by atoms with Gasteiger partial charge in [0.05, 0.1) is 7.11 Å². The summed E-state index contributed by atoms with van der Waals surface area (Å²) >= 11 is 0. The Balaban J connectivity index is 2.36. The van der Waals surface area contributed by atoms with Gasteiger partial charge < -0.3 is 15.0 Å². The molecule has 4 heteroatoms. The van der Waals surface area contributed by atoms with Gasteiger partial charge in [-0.3, -0.25) is 0 Å². The van der Waals surface area contributed by atoms with Crippen LogP contribution in [-0.2, 0) is 4.74 Å². The molecule has 0 aromatic carbocycles. The third kappa shape index (κ3) is 4.08. The van der Waals surface area contributed by atoms with Crippen LogP contribution in [0.2, 0.25) is 0 Å². The Hall–Kier alpha value is -0.770. The SMILES string of the molecule is CCCCN(CC1CCCN1)C(=O)OC. The van der Waals surface area contributed by atoms with Crippen LogP contribution in [0.3, 0.4) is 0 Å². The summed E-state index contributed by atoms with van der Waals surface area (Å²) in [5, 5.41) is 3.39. The van der Waals surface area contributed by atoms with Crippen molar-refractivity contribution in [2.45, 2.75) is 38.6 Å². The fourth-order valence-corrected chi connectivity index (χ4v) is 1.91. The summed E-state index contributed by atoms with van der Waals surface area (Å²) in [4.78, 5) is 13.3. The average Bonchev–Trinajstić information content (AvgIpc) is 2.75. The molecule has 0 aromatic heterocycles. The number of carbonyl (C=O) groups excluding carboxylic acids is 1. The van der Waals surface area contributed by atoms with E-state index in [9.17, 15) is 4.79 Å². The van der Waals surface area contributed by atoms with Gasteiger partial charge in [0, 0.05) is 19.1 Å². The zero-order valence-electron chi connectivity index (χ0n) is 9.79. The van der Waals surface area contributed by atoms with Gasteiger partial charge in [-0.2, -0.15) is 0 Å². The lowest BCUT2D eigenvalue weighted by Crippen LogP contribution is -2.41. The van der Waals surface area contributed by atoms with E-state index in [2.05, 4.69) is 12.2 Å². The highest BCUT2D eigenvalue weighted by molar-refractivity contribution is 5.67. The summed E-state index contributed by atoms with van der Waals surface area (Å²) in [6.07, 6.45) is 4.33. The second-order valence-electron chi connectivity index (χ2n) is 4.06. The second kappa shape index (κ2) is 6.67. The molecule has 88 valence electrons. The lowest BCUT2D eigenvalue weighted by molar-refractivity contribution is 0.119. The number of carbonyl (C=O) groups is 1. The molecule has 0 aromatic rings. The van der Waals surface area contributed by atoms with Crippen molar-refractivity contribution in [2.75, 3.05) is 26.7 Å². The topological polar surface area (TPSA) is 41.6 Å². The number of hydrogen-bond donors (Lipinski definition) is 1. The van der Waals surface area contributed by atoms with Gasteiger partial charge in [-0.15, -0.1) is 0 Å². The first-order chi connectivity index (χ1) is 7.27. The van der Waals surface area contributed by atoms with Crippen LogP contribution in [0, 0.1) is 0 Å². The maximum Gasteiger partial charge on any atom is 0.409 e. The summed E-state index contributed by atoms with van der Waals surface area (Å²) in [7, 11) is 1.45. The van der Waals surface area contributed by atoms with Gasteiger partial charge in [0.1, 0.15) is 0 Å². The summed E-state index contributed by atoms with van der Waals surface area (Å²) in [5.41, 5.74) is 0. The number of nitrogens with one attached hydrogen (secondary N) is 1. The van der Waals surface area contributed by atoms with Crippen molar-refractivity contribution in [3.8, 4) is 0 Å². The van der Waals surface area contributed by atoms with Gasteiger partial charge in [0.2, 0.25) is 0 Å². The predicted molar refractivity (Wildman–Crippen MR) is 59.9 cm³/mol. The second-order valence-corrected chi connectivity index (χ2v) is 4.06. The lowest BCUT2D eigenvalue weighted by atomic mass is 10.2. The molecule has 1 amide bonds. The van der Waals surface area contributed by atoms with Crippen molar-refractivity contribution >= 4 is 6.09 Å². The van der Waals surface area contributed by atoms with E-state index >= 15 is 0 Å². The standard InChI is InChI=1S/C11H22N2O2/c1-3-4-8-13(11(14)15-2)9-10-6-5-7-12-10/h10,12H,3-9H2,1-2H3. The number of methoxy groups -OCH3 is 1. The van der Waals surface area contributed by atoms with Crippen molar-refractivity contribution in [1.29, 1.82) is 0 Å². The molecule has 0 spiro atoms. The molecule has 1 atom stereocenters. The van der Waals surface area contributed by atoms with Crippen molar-refractivity contribution in [3.63, 3.8) is 0 Å². The number of unbranched alkanes of at least 4 members (excludes halogenated alkanes) is 1. The molecule has 0 saturated carbocycles. The first-order valence-electron chi connectivity index (χ1n) is 5.84. The first kappa shape index (κ1) is 12.3. The molecule has 1 unspecified atom stereocenters. The molecule has 1 rings (SSSR count). The van der Waals surface area contributed by atoms with Crippen molar-refractivity contribution in [1.82, 2.24) is 10.2 Å². The molecule has 1 aliphatic rings. The molecule has 15 heavy (non-hydrogen) atoms. The molecular weight excluding hydrogens is 192 g/mol. The molecule has 4 nitrogen and oxygen atoms in total. The Morgan fingerprint density at radius 3 is 2.93 bits per heavy atom. The summed E-state index contributed by atoms with van der Waals surface area (Å²) < 4.78 is 4.78. The highest BCUT2D eigenvalue weighted by atomic mass is 16.5. The Kier molecular flexibility index (Phi) is 5.47. The zero-order valence-corrected chi connectivity index (χ0v) is 9.79. The van der Waals surface area contributed by atoms with E-state index in [0.29, 0.717) is 6.04 Å². The molecule has 1 fully saturated rings. The zero-order chi connectivity index (χ0) is 11.1. The lowest BCUT2D eigenvalue weighted by Gasteiger charge is -2.24. The molecule has 1 saturated heterocycles. The predicted octanol–water partition coefficient (Wildman–Crippen LogP) is 1.61. The van der Waals surface area contributed by atoms with E-state index in [1.54, 1.807) is 0 Å². The monoisotopic (exact) mass is 214 g/mol. The van der Waals surface area contributed by atoms with Crippen LogP contribution in [0.15, 0.2) is 0 Å². The van der Waals surface area contributed by atoms with Gasteiger partial charge in [-0.05, 0) is 25.8 Å².